The van der Waals surface area contributed by atoms with Crippen molar-refractivity contribution in [2.24, 2.45) is 5.41 Å². The van der Waals surface area contributed by atoms with Crippen LogP contribution < -0.4 is 5.32 Å². The molecule has 1 aromatic rings. The Labute approximate surface area is 108 Å². The van der Waals surface area contributed by atoms with Crippen molar-refractivity contribution in [2.45, 2.75) is 39.2 Å². The van der Waals surface area contributed by atoms with Gasteiger partial charge in [-0.05, 0) is 24.3 Å². The van der Waals surface area contributed by atoms with Crippen LogP contribution in [0, 0.1) is 5.41 Å². The first-order chi connectivity index (χ1) is 8.16. The Balaban J connectivity index is 1.56. The average Bonchev–Trinajstić information content (AvgIpc) is 2.98. The van der Waals surface area contributed by atoms with E-state index in [2.05, 4.69) is 36.7 Å². The SMILES string of the molecule is CC(C)(CNC1CC1)COCCc1cccs1. The molecule has 0 atom stereocenters. The predicted molar refractivity (Wildman–Crippen MR) is 73.6 cm³/mol. The van der Waals surface area contributed by atoms with Crippen LogP contribution in [0.2, 0.25) is 0 Å². The summed E-state index contributed by atoms with van der Waals surface area (Å²) in [7, 11) is 0. The second-order valence-corrected chi connectivity index (χ2v) is 6.73. The first-order valence-corrected chi connectivity index (χ1v) is 7.37. The molecule has 1 aliphatic carbocycles. The van der Waals surface area contributed by atoms with Crippen molar-refractivity contribution in [1.29, 1.82) is 0 Å². The van der Waals surface area contributed by atoms with E-state index in [4.69, 9.17) is 4.74 Å². The van der Waals surface area contributed by atoms with Crippen LogP contribution >= 0.6 is 11.3 Å². The molecule has 0 aliphatic heterocycles. The third-order valence-corrected chi connectivity index (χ3v) is 3.95. The van der Waals surface area contributed by atoms with Gasteiger partial charge in [-0.25, -0.2) is 0 Å². The number of nitrogens with one attached hydrogen (secondary N) is 1. The standard InChI is InChI=1S/C14H23NOS/c1-14(2,10-15-12-5-6-12)11-16-8-7-13-4-3-9-17-13/h3-4,9,12,15H,5-8,10-11H2,1-2H3. The predicted octanol–water partition coefficient (Wildman–Crippen LogP) is 3.09. The number of hydrogen-bond acceptors (Lipinski definition) is 3. The molecule has 17 heavy (non-hydrogen) atoms. The molecule has 1 heterocycles. The van der Waals surface area contributed by atoms with E-state index >= 15 is 0 Å². The molecule has 1 fully saturated rings. The Morgan fingerprint density at radius 2 is 2.29 bits per heavy atom. The fourth-order valence-corrected chi connectivity index (χ4v) is 2.43. The molecule has 0 spiro atoms. The molecule has 1 N–H and O–H groups in total. The largest absolute Gasteiger partial charge is 0.380 e. The maximum Gasteiger partial charge on any atom is 0.0529 e. The Morgan fingerprint density at radius 3 is 2.94 bits per heavy atom. The summed E-state index contributed by atoms with van der Waals surface area (Å²) in [5.74, 6) is 0. The molecule has 0 amide bonds. The lowest BCUT2D eigenvalue weighted by molar-refractivity contribution is 0.0641. The summed E-state index contributed by atoms with van der Waals surface area (Å²) < 4.78 is 5.79. The van der Waals surface area contributed by atoms with Crippen LogP contribution in [0.1, 0.15) is 31.6 Å². The van der Waals surface area contributed by atoms with Crippen molar-refractivity contribution in [1.82, 2.24) is 5.32 Å². The highest BCUT2D eigenvalue weighted by Gasteiger charge is 2.25. The van der Waals surface area contributed by atoms with Gasteiger partial charge in [0, 0.05) is 29.3 Å². The van der Waals surface area contributed by atoms with Gasteiger partial charge < -0.3 is 10.1 Å². The van der Waals surface area contributed by atoms with Crippen LogP contribution in [0.15, 0.2) is 17.5 Å². The van der Waals surface area contributed by atoms with Gasteiger partial charge in [0.2, 0.25) is 0 Å². The van der Waals surface area contributed by atoms with E-state index in [9.17, 15) is 0 Å². The number of ether oxygens (including phenoxy) is 1. The minimum absolute atomic E-state index is 0.248. The third-order valence-electron chi connectivity index (χ3n) is 3.01. The third kappa shape index (κ3) is 5.19. The van der Waals surface area contributed by atoms with Crippen LogP contribution in [0.3, 0.4) is 0 Å². The van der Waals surface area contributed by atoms with Gasteiger partial charge in [0.1, 0.15) is 0 Å². The van der Waals surface area contributed by atoms with Crippen molar-refractivity contribution < 1.29 is 4.74 Å². The molecule has 0 saturated heterocycles. The van der Waals surface area contributed by atoms with Crippen molar-refractivity contribution in [3.63, 3.8) is 0 Å². The highest BCUT2D eigenvalue weighted by Crippen LogP contribution is 2.22. The molecular formula is C14H23NOS. The molecule has 3 heteroatoms. The van der Waals surface area contributed by atoms with Gasteiger partial charge in [0.25, 0.3) is 0 Å². The molecule has 1 aromatic heterocycles. The lowest BCUT2D eigenvalue weighted by atomic mass is 9.95. The Hall–Kier alpha value is -0.380. The van der Waals surface area contributed by atoms with Gasteiger partial charge >= 0.3 is 0 Å². The van der Waals surface area contributed by atoms with Crippen LogP contribution in [0.25, 0.3) is 0 Å². The van der Waals surface area contributed by atoms with Crippen molar-refractivity contribution in [2.75, 3.05) is 19.8 Å². The molecule has 0 unspecified atom stereocenters. The number of rotatable bonds is 8. The van der Waals surface area contributed by atoms with Crippen molar-refractivity contribution >= 4 is 11.3 Å². The normalized spacial score (nSPS) is 16.4. The highest BCUT2D eigenvalue weighted by molar-refractivity contribution is 7.09. The zero-order chi connectivity index (χ0) is 12.1. The first kappa shape index (κ1) is 13.1. The fraction of sp³-hybridized carbons (Fsp3) is 0.714. The molecular weight excluding hydrogens is 230 g/mol. The highest BCUT2D eigenvalue weighted by atomic mass is 32.1. The Morgan fingerprint density at radius 1 is 1.47 bits per heavy atom. The van der Waals surface area contributed by atoms with Crippen LogP contribution in [-0.4, -0.2) is 25.8 Å². The van der Waals surface area contributed by atoms with Crippen molar-refractivity contribution in [3.05, 3.63) is 22.4 Å². The maximum atomic E-state index is 5.79. The fourth-order valence-electron chi connectivity index (χ4n) is 1.74. The van der Waals surface area contributed by atoms with Crippen LogP contribution in [0.4, 0.5) is 0 Å². The second kappa shape index (κ2) is 5.98. The quantitative estimate of drug-likeness (QED) is 0.719. The zero-order valence-electron chi connectivity index (χ0n) is 10.9. The minimum atomic E-state index is 0.248. The maximum absolute atomic E-state index is 5.79. The smallest absolute Gasteiger partial charge is 0.0529 e. The van der Waals surface area contributed by atoms with Gasteiger partial charge in [-0.1, -0.05) is 19.9 Å². The van der Waals surface area contributed by atoms with Gasteiger partial charge in [-0.2, -0.15) is 0 Å². The lowest BCUT2D eigenvalue weighted by Gasteiger charge is -2.24. The van der Waals surface area contributed by atoms with E-state index < -0.39 is 0 Å². The van der Waals surface area contributed by atoms with Crippen LogP contribution in [0.5, 0.6) is 0 Å². The van der Waals surface area contributed by atoms with E-state index in [0.717, 1.165) is 32.2 Å². The molecule has 0 bridgehead atoms. The van der Waals surface area contributed by atoms with E-state index in [-0.39, 0.29) is 5.41 Å². The molecule has 1 aliphatic rings. The van der Waals surface area contributed by atoms with E-state index in [0.29, 0.717) is 0 Å². The summed E-state index contributed by atoms with van der Waals surface area (Å²) in [4.78, 5) is 1.42. The Kier molecular flexibility index (Phi) is 4.60. The molecule has 0 aromatic carbocycles. The molecule has 2 rings (SSSR count). The number of hydrogen-bond donors (Lipinski definition) is 1. The van der Waals surface area contributed by atoms with Crippen molar-refractivity contribution in [3.8, 4) is 0 Å². The topological polar surface area (TPSA) is 21.3 Å². The molecule has 2 nitrogen and oxygen atoms in total. The molecule has 96 valence electrons. The summed E-state index contributed by atoms with van der Waals surface area (Å²) in [6, 6.07) is 5.07. The van der Waals surface area contributed by atoms with Gasteiger partial charge in [-0.15, -0.1) is 11.3 Å². The van der Waals surface area contributed by atoms with E-state index in [1.54, 1.807) is 0 Å². The van der Waals surface area contributed by atoms with Gasteiger partial charge in [0.05, 0.1) is 13.2 Å². The lowest BCUT2D eigenvalue weighted by Crippen LogP contribution is -2.34. The summed E-state index contributed by atoms with van der Waals surface area (Å²) >= 11 is 1.81. The van der Waals surface area contributed by atoms with Gasteiger partial charge in [-0.3, -0.25) is 0 Å². The summed E-state index contributed by atoms with van der Waals surface area (Å²) in [6.07, 6.45) is 3.76. The molecule has 0 radical (unpaired) electrons. The van der Waals surface area contributed by atoms with E-state index in [1.165, 1.54) is 17.7 Å². The Bertz CT molecular complexity index is 317. The summed E-state index contributed by atoms with van der Waals surface area (Å²) in [5.41, 5.74) is 0.248. The molecule has 1 saturated carbocycles. The number of thiophene rings is 1. The minimum Gasteiger partial charge on any atom is -0.380 e. The second-order valence-electron chi connectivity index (χ2n) is 5.70. The first-order valence-electron chi connectivity index (χ1n) is 6.49. The monoisotopic (exact) mass is 253 g/mol. The van der Waals surface area contributed by atoms with Crippen LogP contribution in [-0.2, 0) is 11.2 Å². The van der Waals surface area contributed by atoms with E-state index in [1.807, 2.05) is 11.3 Å². The zero-order valence-corrected chi connectivity index (χ0v) is 11.7. The average molecular weight is 253 g/mol. The van der Waals surface area contributed by atoms with Gasteiger partial charge in [0.15, 0.2) is 0 Å². The summed E-state index contributed by atoms with van der Waals surface area (Å²) in [5, 5.41) is 5.70. The summed E-state index contributed by atoms with van der Waals surface area (Å²) in [6.45, 7) is 7.29.